The van der Waals surface area contributed by atoms with E-state index >= 15 is 0 Å². The topological polar surface area (TPSA) is 97.8 Å². The molecule has 0 saturated carbocycles. The van der Waals surface area contributed by atoms with Crippen LogP contribution in [0.3, 0.4) is 0 Å². The van der Waals surface area contributed by atoms with Crippen molar-refractivity contribution >= 4 is 5.82 Å². The molecule has 2 saturated heterocycles. The Morgan fingerprint density at radius 3 is 2.56 bits per heavy atom. The second-order valence-electron chi connectivity index (χ2n) is 9.40. The summed E-state index contributed by atoms with van der Waals surface area (Å²) in [5.74, 6) is 0.216. The molecular formula is C19H31N3O5. The zero-order chi connectivity index (χ0) is 20.2. The molecule has 2 N–H and O–H groups in total. The van der Waals surface area contributed by atoms with Gasteiger partial charge in [-0.3, -0.25) is 4.57 Å². The second-order valence-corrected chi connectivity index (χ2v) is 9.40. The van der Waals surface area contributed by atoms with E-state index in [2.05, 4.69) is 4.98 Å². The lowest BCUT2D eigenvalue weighted by Gasteiger charge is -2.35. The van der Waals surface area contributed by atoms with Crippen molar-refractivity contribution in [2.24, 2.45) is 0 Å². The standard InChI is InChI=1S/C19H31N3O5/c1-11-8-22(16(23)21-14(11)20)15-12-13(26-18(5,6)7)19(27-15,9-24-12)10-25-17(2,3)4/h8,12-13,15H,9-10H2,1-7H3,(H2,20,21,23)/t12?,13-,15-,19-/m1/s1. The van der Waals surface area contributed by atoms with Crippen LogP contribution in [0.15, 0.2) is 11.0 Å². The molecule has 152 valence electrons. The summed E-state index contributed by atoms with van der Waals surface area (Å²) < 4.78 is 26.2. The van der Waals surface area contributed by atoms with Gasteiger partial charge in [0.2, 0.25) is 0 Å². The van der Waals surface area contributed by atoms with Crippen molar-refractivity contribution in [1.29, 1.82) is 0 Å². The fourth-order valence-corrected chi connectivity index (χ4v) is 3.37. The molecule has 0 aromatic carbocycles. The Balaban J connectivity index is 1.96. The van der Waals surface area contributed by atoms with E-state index in [1.165, 1.54) is 4.57 Å². The Kier molecular flexibility index (Phi) is 4.91. The summed E-state index contributed by atoms with van der Waals surface area (Å²) in [7, 11) is 0. The molecule has 2 fully saturated rings. The Labute approximate surface area is 159 Å². The molecule has 0 amide bonds. The van der Waals surface area contributed by atoms with Gasteiger partial charge >= 0.3 is 5.69 Å². The van der Waals surface area contributed by atoms with Gasteiger partial charge in [0.25, 0.3) is 0 Å². The summed E-state index contributed by atoms with van der Waals surface area (Å²) in [5, 5.41) is 0. The van der Waals surface area contributed by atoms with E-state index in [1.807, 2.05) is 41.5 Å². The van der Waals surface area contributed by atoms with E-state index in [9.17, 15) is 4.79 Å². The highest BCUT2D eigenvalue weighted by Crippen LogP contribution is 2.48. The summed E-state index contributed by atoms with van der Waals surface area (Å²) in [5.41, 5.74) is 4.46. The highest BCUT2D eigenvalue weighted by molar-refractivity contribution is 5.35. The smallest absolute Gasteiger partial charge is 0.351 e. The maximum Gasteiger partial charge on any atom is 0.351 e. The minimum Gasteiger partial charge on any atom is -0.383 e. The zero-order valence-corrected chi connectivity index (χ0v) is 17.2. The number of aryl methyl sites for hydroxylation is 1. The van der Waals surface area contributed by atoms with Gasteiger partial charge in [-0.05, 0) is 48.5 Å². The lowest BCUT2D eigenvalue weighted by Crippen LogP contribution is -2.50. The quantitative estimate of drug-likeness (QED) is 0.849. The van der Waals surface area contributed by atoms with Gasteiger partial charge in [-0.1, -0.05) is 0 Å². The normalized spacial score (nSPS) is 30.9. The van der Waals surface area contributed by atoms with Crippen molar-refractivity contribution in [1.82, 2.24) is 9.55 Å². The third kappa shape index (κ3) is 4.03. The number of rotatable bonds is 4. The van der Waals surface area contributed by atoms with Gasteiger partial charge in [-0.2, -0.15) is 4.98 Å². The van der Waals surface area contributed by atoms with Gasteiger partial charge in [0, 0.05) is 11.8 Å². The Hall–Kier alpha value is -1.48. The van der Waals surface area contributed by atoms with E-state index in [1.54, 1.807) is 13.1 Å². The molecule has 2 aliphatic heterocycles. The average molecular weight is 381 g/mol. The first kappa shape index (κ1) is 20.3. The molecule has 0 spiro atoms. The van der Waals surface area contributed by atoms with Gasteiger partial charge in [0.05, 0.1) is 24.4 Å². The number of fused-ring (bicyclic) bond motifs is 2. The van der Waals surface area contributed by atoms with E-state index < -0.39 is 29.2 Å². The number of hydrogen-bond acceptors (Lipinski definition) is 7. The first-order valence-corrected chi connectivity index (χ1v) is 9.28. The molecule has 2 aliphatic rings. The third-order valence-electron chi connectivity index (χ3n) is 4.65. The van der Waals surface area contributed by atoms with Crippen LogP contribution in [0, 0.1) is 6.92 Å². The van der Waals surface area contributed by atoms with Gasteiger partial charge < -0.3 is 24.7 Å². The Bertz CT molecular complexity index is 764. The van der Waals surface area contributed by atoms with Gasteiger partial charge in [-0.15, -0.1) is 0 Å². The summed E-state index contributed by atoms with van der Waals surface area (Å²) in [6, 6.07) is 0. The highest BCUT2D eigenvalue weighted by Gasteiger charge is 2.64. The minimum absolute atomic E-state index is 0.216. The van der Waals surface area contributed by atoms with E-state index in [0.717, 1.165) is 0 Å². The van der Waals surface area contributed by atoms with Crippen LogP contribution in [-0.4, -0.2) is 51.8 Å². The molecule has 2 bridgehead atoms. The van der Waals surface area contributed by atoms with E-state index in [0.29, 0.717) is 18.8 Å². The number of nitrogens with zero attached hydrogens (tertiary/aromatic N) is 2. The number of anilines is 1. The van der Waals surface area contributed by atoms with Crippen LogP contribution < -0.4 is 11.4 Å². The molecular weight excluding hydrogens is 350 g/mol. The fourth-order valence-electron chi connectivity index (χ4n) is 3.37. The van der Waals surface area contributed by atoms with Crippen molar-refractivity contribution < 1.29 is 18.9 Å². The molecule has 0 radical (unpaired) electrons. The van der Waals surface area contributed by atoms with Crippen LogP contribution in [0.4, 0.5) is 5.82 Å². The minimum atomic E-state index is -0.787. The van der Waals surface area contributed by atoms with Crippen molar-refractivity contribution in [2.75, 3.05) is 18.9 Å². The van der Waals surface area contributed by atoms with E-state index in [-0.39, 0.29) is 17.5 Å². The molecule has 8 nitrogen and oxygen atoms in total. The summed E-state index contributed by atoms with van der Waals surface area (Å²) >= 11 is 0. The van der Waals surface area contributed by atoms with Crippen molar-refractivity contribution in [3.05, 3.63) is 22.2 Å². The molecule has 3 rings (SSSR count). The molecule has 8 heteroatoms. The number of nitrogen functional groups attached to an aromatic ring is 1. The number of hydrogen-bond donors (Lipinski definition) is 1. The molecule has 4 atom stereocenters. The third-order valence-corrected chi connectivity index (χ3v) is 4.65. The molecule has 0 aliphatic carbocycles. The van der Waals surface area contributed by atoms with E-state index in [4.69, 9.17) is 24.7 Å². The lowest BCUT2D eigenvalue weighted by molar-refractivity contribution is -0.211. The SMILES string of the molecule is Cc1cn([C@@H]2O[C@@]3(COC(C)(C)C)COC2[C@H]3OC(C)(C)C)c(=O)nc1N. The largest absolute Gasteiger partial charge is 0.383 e. The molecule has 27 heavy (non-hydrogen) atoms. The molecule has 1 aromatic rings. The maximum atomic E-state index is 12.4. The predicted octanol–water partition coefficient (Wildman–Crippen LogP) is 1.80. The van der Waals surface area contributed by atoms with Gasteiger partial charge in [0.15, 0.2) is 6.23 Å². The van der Waals surface area contributed by atoms with Gasteiger partial charge in [0.1, 0.15) is 23.6 Å². The van der Waals surface area contributed by atoms with Crippen molar-refractivity contribution in [2.45, 2.75) is 83.7 Å². The van der Waals surface area contributed by atoms with Crippen LogP contribution >= 0.6 is 0 Å². The van der Waals surface area contributed by atoms with Crippen LogP contribution in [-0.2, 0) is 18.9 Å². The Morgan fingerprint density at radius 1 is 1.30 bits per heavy atom. The van der Waals surface area contributed by atoms with Crippen LogP contribution in [0.5, 0.6) is 0 Å². The molecule has 3 heterocycles. The number of ether oxygens (including phenoxy) is 4. The van der Waals surface area contributed by atoms with Crippen molar-refractivity contribution in [3.63, 3.8) is 0 Å². The summed E-state index contributed by atoms with van der Waals surface area (Å²) in [6.45, 7) is 14.4. The predicted molar refractivity (Wildman–Crippen MR) is 101 cm³/mol. The highest BCUT2D eigenvalue weighted by atomic mass is 16.7. The van der Waals surface area contributed by atoms with Crippen LogP contribution in [0.1, 0.15) is 53.3 Å². The summed E-state index contributed by atoms with van der Waals surface area (Å²) in [4.78, 5) is 16.3. The zero-order valence-electron chi connectivity index (χ0n) is 17.2. The summed E-state index contributed by atoms with van der Waals surface area (Å²) in [6.07, 6.45) is 0.213. The number of aromatic nitrogens is 2. The maximum absolute atomic E-state index is 12.4. The van der Waals surface area contributed by atoms with Crippen molar-refractivity contribution in [3.8, 4) is 0 Å². The van der Waals surface area contributed by atoms with Crippen LogP contribution in [0.2, 0.25) is 0 Å². The monoisotopic (exact) mass is 381 g/mol. The Morgan fingerprint density at radius 2 is 1.96 bits per heavy atom. The number of nitrogens with two attached hydrogens (primary N) is 1. The first-order valence-electron chi connectivity index (χ1n) is 9.28. The average Bonchev–Trinajstić information content (AvgIpc) is 2.99. The lowest BCUT2D eigenvalue weighted by atomic mass is 9.98. The molecule has 1 unspecified atom stereocenters. The van der Waals surface area contributed by atoms with Gasteiger partial charge in [-0.25, -0.2) is 4.79 Å². The molecule has 1 aromatic heterocycles. The first-order chi connectivity index (χ1) is 12.3. The fraction of sp³-hybridized carbons (Fsp3) is 0.789. The van der Waals surface area contributed by atoms with Crippen LogP contribution in [0.25, 0.3) is 0 Å². The second kappa shape index (κ2) is 6.55.